The van der Waals surface area contributed by atoms with Gasteiger partial charge in [-0.3, -0.25) is 0 Å². The Labute approximate surface area is 82.8 Å². The lowest BCUT2D eigenvalue weighted by molar-refractivity contribution is 0.0917. The summed E-state index contributed by atoms with van der Waals surface area (Å²) in [6.07, 6.45) is 0. The van der Waals surface area contributed by atoms with Gasteiger partial charge in [-0.05, 0) is 26.0 Å². The van der Waals surface area contributed by atoms with Crippen molar-refractivity contribution in [1.29, 1.82) is 0 Å². The Morgan fingerprint density at radius 2 is 1.93 bits per heavy atom. The fourth-order valence-corrected chi connectivity index (χ4v) is 1.55. The van der Waals surface area contributed by atoms with E-state index in [9.17, 15) is 5.11 Å². The first kappa shape index (κ1) is 8.94. The van der Waals surface area contributed by atoms with Gasteiger partial charge in [0.25, 0.3) is 0 Å². The molecule has 0 radical (unpaired) electrons. The van der Waals surface area contributed by atoms with Gasteiger partial charge in [0.05, 0.1) is 5.70 Å². The van der Waals surface area contributed by atoms with Crippen LogP contribution in [-0.4, -0.2) is 10.7 Å². The first-order chi connectivity index (χ1) is 6.52. The van der Waals surface area contributed by atoms with Crippen LogP contribution in [0.3, 0.4) is 0 Å². The third-order valence-corrected chi connectivity index (χ3v) is 2.37. The van der Waals surface area contributed by atoms with Crippen molar-refractivity contribution >= 4 is 5.70 Å². The molecule has 3 heteroatoms. The van der Waals surface area contributed by atoms with Gasteiger partial charge in [0, 0.05) is 5.56 Å². The summed E-state index contributed by atoms with van der Waals surface area (Å²) in [5.74, 6) is 0.809. The topological polar surface area (TPSA) is 55.5 Å². The molecule has 1 aliphatic heterocycles. The number of ether oxygens (including phenoxy) is 1. The molecule has 0 aliphatic carbocycles. The van der Waals surface area contributed by atoms with Gasteiger partial charge in [-0.2, -0.15) is 0 Å². The third kappa shape index (κ3) is 1.13. The molecule has 1 aromatic rings. The quantitative estimate of drug-likeness (QED) is 0.659. The summed E-state index contributed by atoms with van der Waals surface area (Å²) in [6, 6.07) is 7.41. The molecule has 2 rings (SSSR count). The number of nitrogens with two attached hydrogens (primary N) is 1. The van der Waals surface area contributed by atoms with Crippen molar-refractivity contribution in [1.82, 2.24) is 0 Å². The molecule has 14 heavy (non-hydrogen) atoms. The zero-order chi connectivity index (χ0) is 10.3. The molecule has 0 atom stereocenters. The number of para-hydroxylation sites is 1. The molecule has 0 saturated heterocycles. The van der Waals surface area contributed by atoms with Gasteiger partial charge in [-0.1, -0.05) is 12.1 Å². The molecule has 0 bridgehead atoms. The molecular formula is C11H13NO2. The smallest absolute Gasteiger partial charge is 0.162 e. The molecule has 3 nitrogen and oxygen atoms in total. The summed E-state index contributed by atoms with van der Waals surface area (Å²) in [5.41, 5.74) is 6.23. The maximum atomic E-state index is 9.78. The summed E-state index contributed by atoms with van der Waals surface area (Å²) in [5, 5.41) is 9.78. The van der Waals surface area contributed by atoms with Gasteiger partial charge in [0.1, 0.15) is 5.75 Å². The van der Waals surface area contributed by atoms with Gasteiger partial charge >= 0.3 is 0 Å². The zero-order valence-electron chi connectivity index (χ0n) is 8.24. The van der Waals surface area contributed by atoms with Crippen LogP contribution in [0, 0.1) is 0 Å². The largest absolute Gasteiger partial charge is 0.506 e. The van der Waals surface area contributed by atoms with Crippen LogP contribution in [0.15, 0.2) is 30.0 Å². The number of hydrogen-bond acceptors (Lipinski definition) is 3. The monoisotopic (exact) mass is 191 g/mol. The lowest BCUT2D eigenvalue weighted by Crippen LogP contribution is -2.36. The molecule has 0 aromatic heterocycles. The van der Waals surface area contributed by atoms with Crippen molar-refractivity contribution in [2.45, 2.75) is 19.4 Å². The molecular weight excluding hydrogens is 178 g/mol. The van der Waals surface area contributed by atoms with E-state index in [0.29, 0.717) is 11.4 Å². The summed E-state index contributed by atoms with van der Waals surface area (Å²) >= 11 is 0. The van der Waals surface area contributed by atoms with Crippen LogP contribution in [0.4, 0.5) is 0 Å². The third-order valence-electron chi connectivity index (χ3n) is 2.37. The standard InChI is InChI=1S/C11H13NO2/c1-11(2)10(13)9(12)7-5-3-4-6-8(7)14-11/h3-6,13H,12H2,1-2H3. The highest BCUT2D eigenvalue weighted by Gasteiger charge is 2.33. The highest BCUT2D eigenvalue weighted by Crippen LogP contribution is 2.36. The average molecular weight is 191 g/mol. The number of benzene rings is 1. The Morgan fingerprint density at radius 3 is 2.64 bits per heavy atom. The number of aliphatic hydroxyl groups excluding tert-OH is 1. The lowest BCUT2D eigenvalue weighted by atomic mass is 9.97. The normalized spacial score (nSPS) is 18.7. The van der Waals surface area contributed by atoms with Crippen LogP contribution >= 0.6 is 0 Å². The van der Waals surface area contributed by atoms with Crippen LogP contribution < -0.4 is 10.5 Å². The van der Waals surface area contributed by atoms with E-state index < -0.39 is 5.60 Å². The second kappa shape index (κ2) is 2.67. The van der Waals surface area contributed by atoms with Crippen LogP contribution in [0.25, 0.3) is 5.70 Å². The number of hydrogen-bond donors (Lipinski definition) is 2. The fourth-order valence-electron chi connectivity index (χ4n) is 1.55. The molecule has 0 saturated carbocycles. The Balaban J connectivity index is 2.64. The molecule has 1 heterocycles. The van der Waals surface area contributed by atoms with Gasteiger partial charge in [0.2, 0.25) is 0 Å². The highest BCUT2D eigenvalue weighted by molar-refractivity contribution is 5.72. The van der Waals surface area contributed by atoms with Crippen molar-refractivity contribution < 1.29 is 9.84 Å². The van der Waals surface area contributed by atoms with Crippen molar-refractivity contribution in [3.05, 3.63) is 35.6 Å². The predicted molar refractivity (Wildman–Crippen MR) is 54.9 cm³/mol. The van der Waals surface area contributed by atoms with E-state index >= 15 is 0 Å². The Bertz CT molecular complexity index is 408. The van der Waals surface area contributed by atoms with Crippen LogP contribution in [0.1, 0.15) is 19.4 Å². The summed E-state index contributed by atoms with van der Waals surface area (Å²) in [7, 11) is 0. The van der Waals surface area contributed by atoms with Crippen molar-refractivity contribution in [2.24, 2.45) is 5.73 Å². The first-order valence-corrected chi connectivity index (χ1v) is 4.50. The number of aliphatic hydroxyl groups is 1. The Kier molecular flexibility index (Phi) is 1.71. The second-order valence-corrected chi connectivity index (χ2v) is 3.87. The van der Waals surface area contributed by atoms with E-state index in [-0.39, 0.29) is 5.76 Å². The molecule has 1 aliphatic rings. The molecule has 74 valence electrons. The highest BCUT2D eigenvalue weighted by atomic mass is 16.5. The molecule has 1 aromatic carbocycles. The van der Waals surface area contributed by atoms with Crippen molar-refractivity contribution in [3.63, 3.8) is 0 Å². The summed E-state index contributed by atoms with van der Waals surface area (Å²) in [4.78, 5) is 0. The number of fused-ring (bicyclic) bond motifs is 1. The first-order valence-electron chi connectivity index (χ1n) is 4.50. The van der Waals surface area contributed by atoms with E-state index in [1.54, 1.807) is 13.8 Å². The van der Waals surface area contributed by atoms with Crippen molar-refractivity contribution in [3.8, 4) is 5.75 Å². The fraction of sp³-hybridized carbons (Fsp3) is 0.273. The number of rotatable bonds is 0. The summed E-state index contributed by atoms with van der Waals surface area (Å²) < 4.78 is 5.61. The minimum Gasteiger partial charge on any atom is -0.506 e. The molecule has 3 N–H and O–H groups in total. The van der Waals surface area contributed by atoms with E-state index in [1.165, 1.54) is 0 Å². The van der Waals surface area contributed by atoms with Gasteiger partial charge in [0.15, 0.2) is 11.4 Å². The minimum absolute atomic E-state index is 0.0937. The SMILES string of the molecule is CC1(C)Oc2ccccc2C(N)=C1O. The Morgan fingerprint density at radius 1 is 1.29 bits per heavy atom. The van der Waals surface area contributed by atoms with Gasteiger partial charge < -0.3 is 15.6 Å². The molecule has 0 amide bonds. The van der Waals surface area contributed by atoms with E-state index in [1.807, 2.05) is 24.3 Å². The van der Waals surface area contributed by atoms with Crippen LogP contribution in [-0.2, 0) is 0 Å². The summed E-state index contributed by atoms with van der Waals surface area (Å²) in [6.45, 7) is 3.57. The van der Waals surface area contributed by atoms with E-state index in [2.05, 4.69) is 0 Å². The van der Waals surface area contributed by atoms with Crippen LogP contribution in [0.5, 0.6) is 5.75 Å². The second-order valence-electron chi connectivity index (χ2n) is 3.87. The van der Waals surface area contributed by atoms with Gasteiger partial charge in [-0.15, -0.1) is 0 Å². The molecule has 0 fully saturated rings. The van der Waals surface area contributed by atoms with E-state index in [0.717, 1.165) is 5.56 Å². The molecule has 0 spiro atoms. The minimum atomic E-state index is -0.738. The van der Waals surface area contributed by atoms with Gasteiger partial charge in [-0.25, -0.2) is 0 Å². The maximum absolute atomic E-state index is 9.78. The van der Waals surface area contributed by atoms with Crippen molar-refractivity contribution in [2.75, 3.05) is 0 Å². The van der Waals surface area contributed by atoms with E-state index in [4.69, 9.17) is 10.5 Å². The zero-order valence-corrected chi connectivity index (χ0v) is 8.24. The molecule has 0 unspecified atom stereocenters. The Hall–Kier alpha value is -1.64. The predicted octanol–water partition coefficient (Wildman–Crippen LogP) is 2.04. The average Bonchev–Trinajstić information content (AvgIpc) is 2.14. The lowest BCUT2D eigenvalue weighted by Gasteiger charge is -2.32. The van der Waals surface area contributed by atoms with Crippen LogP contribution in [0.2, 0.25) is 0 Å². The maximum Gasteiger partial charge on any atom is 0.162 e.